The number of unbranched alkanes of at least 4 members (excludes halogenated alkanes) is 1. The lowest BCUT2D eigenvalue weighted by atomic mass is 10.2. The van der Waals surface area contributed by atoms with E-state index in [0.29, 0.717) is 12.8 Å². The molecule has 0 aliphatic carbocycles. The molecule has 0 aromatic heterocycles. The molecule has 1 aliphatic heterocycles. The molecule has 0 saturated carbocycles. The van der Waals surface area contributed by atoms with Crippen LogP contribution in [0.4, 0.5) is 0 Å². The monoisotopic (exact) mass is 198 g/mol. The van der Waals surface area contributed by atoms with E-state index in [0.717, 1.165) is 38.8 Å². The standard InChI is InChI=1S/C10H18N2O2/c11-9(13)5-1-2-6-10(14)12-7-3-4-8-12/h1-8H2,(H2,11,13). The molecule has 0 radical (unpaired) electrons. The minimum absolute atomic E-state index is 0.229. The van der Waals surface area contributed by atoms with Crippen molar-refractivity contribution in [1.29, 1.82) is 0 Å². The second-order valence-corrected chi connectivity index (χ2v) is 3.76. The quantitative estimate of drug-likeness (QED) is 0.659. The molecule has 0 spiro atoms. The fraction of sp³-hybridized carbons (Fsp3) is 0.800. The van der Waals surface area contributed by atoms with E-state index >= 15 is 0 Å². The second-order valence-electron chi connectivity index (χ2n) is 3.76. The number of nitrogens with two attached hydrogens (primary N) is 1. The first-order chi connectivity index (χ1) is 6.70. The molecule has 1 rings (SSSR count). The fourth-order valence-electron chi connectivity index (χ4n) is 1.70. The third kappa shape index (κ3) is 3.77. The van der Waals surface area contributed by atoms with Gasteiger partial charge in [-0.15, -0.1) is 0 Å². The molecule has 1 aliphatic rings. The van der Waals surface area contributed by atoms with Crippen molar-refractivity contribution in [2.24, 2.45) is 5.73 Å². The van der Waals surface area contributed by atoms with Gasteiger partial charge in [-0.05, 0) is 25.7 Å². The molecular weight excluding hydrogens is 180 g/mol. The van der Waals surface area contributed by atoms with Gasteiger partial charge in [-0.3, -0.25) is 9.59 Å². The molecule has 4 nitrogen and oxygen atoms in total. The Morgan fingerprint density at radius 1 is 1.07 bits per heavy atom. The Labute approximate surface area is 84.4 Å². The third-order valence-electron chi connectivity index (χ3n) is 2.52. The smallest absolute Gasteiger partial charge is 0.222 e. The minimum atomic E-state index is -0.279. The summed E-state index contributed by atoms with van der Waals surface area (Å²) in [6, 6.07) is 0. The van der Waals surface area contributed by atoms with Crippen LogP contribution in [0.2, 0.25) is 0 Å². The molecule has 80 valence electrons. The summed E-state index contributed by atoms with van der Waals surface area (Å²) >= 11 is 0. The van der Waals surface area contributed by atoms with Crippen LogP contribution in [0.5, 0.6) is 0 Å². The van der Waals surface area contributed by atoms with Gasteiger partial charge in [0.15, 0.2) is 0 Å². The van der Waals surface area contributed by atoms with Crippen LogP contribution in [0, 0.1) is 0 Å². The van der Waals surface area contributed by atoms with E-state index < -0.39 is 0 Å². The number of nitrogens with zero attached hydrogens (tertiary/aromatic N) is 1. The van der Waals surface area contributed by atoms with E-state index in [2.05, 4.69) is 0 Å². The summed E-state index contributed by atoms with van der Waals surface area (Å²) in [5, 5.41) is 0. The van der Waals surface area contributed by atoms with Crippen molar-refractivity contribution < 1.29 is 9.59 Å². The number of hydrogen-bond donors (Lipinski definition) is 1. The molecular formula is C10H18N2O2. The summed E-state index contributed by atoms with van der Waals surface area (Å²) in [6.45, 7) is 1.82. The Bertz CT molecular complexity index is 210. The molecule has 0 atom stereocenters. The zero-order valence-electron chi connectivity index (χ0n) is 8.50. The van der Waals surface area contributed by atoms with Crippen LogP contribution in [0.15, 0.2) is 0 Å². The normalized spacial score (nSPS) is 15.9. The van der Waals surface area contributed by atoms with Crippen LogP contribution in [0.25, 0.3) is 0 Å². The molecule has 1 heterocycles. The molecule has 14 heavy (non-hydrogen) atoms. The van der Waals surface area contributed by atoms with Gasteiger partial charge in [0.25, 0.3) is 0 Å². The zero-order chi connectivity index (χ0) is 10.4. The van der Waals surface area contributed by atoms with Crippen molar-refractivity contribution in [2.45, 2.75) is 38.5 Å². The predicted molar refractivity (Wildman–Crippen MR) is 53.5 cm³/mol. The van der Waals surface area contributed by atoms with Crippen LogP contribution in [0.1, 0.15) is 38.5 Å². The first-order valence-electron chi connectivity index (χ1n) is 5.26. The molecule has 1 fully saturated rings. The van der Waals surface area contributed by atoms with Gasteiger partial charge in [0.1, 0.15) is 0 Å². The van der Waals surface area contributed by atoms with Crippen molar-refractivity contribution >= 4 is 11.8 Å². The van der Waals surface area contributed by atoms with E-state index in [-0.39, 0.29) is 11.8 Å². The van der Waals surface area contributed by atoms with E-state index in [1.807, 2.05) is 4.90 Å². The van der Waals surface area contributed by atoms with Gasteiger partial charge in [-0.25, -0.2) is 0 Å². The highest BCUT2D eigenvalue weighted by molar-refractivity contribution is 5.76. The molecule has 0 unspecified atom stereocenters. The molecule has 0 bridgehead atoms. The van der Waals surface area contributed by atoms with Crippen LogP contribution in [-0.2, 0) is 9.59 Å². The number of amides is 2. The van der Waals surface area contributed by atoms with E-state index in [9.17, 15) is 9.59 Å². The lowest BCUT2D eigenvalue weighted by Crippen LogP contribution is -2.27. The minimum Gasteiger partial charge on any atom is -0.370 e. The van der Waals surface area contributed by atoms with Gasteiger partial charge >= 0.3 is 0 Å². The maximum atomic E-state index is 11.5. The number of rotatable bonds is 5. The van der Waals surface area contributed by atoms with E-state index in [4.69, 9.17) is 5.73 Å². The molecule has 0 aromatic carbocycles. The second kappa shape index (κ2) is 5.62. The summed E-state index contributed by atoms with van der Waals surface area (Å²) in [7, 11) is 0. The van der Waals surface area contributed by atoms with Crippen LogP contribution >= 0.6 is 0 Å². The van der Waals surface area contributed by atoms with Gasteiger partial charge in [-0.1, -0.05) is 0 Å². The topological polar surface area (TPSA) is 63.4 Å². The SMILES string of the molecule is NC(=O)CCCCC(=O)N1CCCC1. The van der Waals surface area contributed by atoms with Crippen LogP contribution in [-0.4, -0.2) is 29.8 Å². The Kier molecular flexibility index (Phi) is 4.43. The van der Waals surface area contributed by atoms with Crippen molar-refractivity contribution in [3.8, 4) is 0 Å². The molecule has 1 saturated heterocycles. The average molecular weight is 198 g/mol. The third-order valence-corrected chi connectivity index (χ3v) is 2.52. The number of hydrogen-bond acceptors (Lipinski definition) is 2. The molecule has 4 heteroatoms. The van der Waals surface area contributed by atoms with Gasteiger partial charge < -0.3 is 10.6 Å². The number of primary amides is 1. The Hall–Kier alpha value is -1.06. The van der Waals surface area contributed by atoms with Gasteiger partial charge in [0.05, 0.1) is 0 Å². The lowest BCUT2D eigenvalue weighted by molar-refractivity contribution is -0.130. The summed E-state index contributed by atoms with van der Waals surface area (Å²) in [5.41, 5.74) is 5.00. The van der Waals surface area contributed by atoms with E-state index in [1.54, 1.807) is 0 Å². The number of likely N-dealkylation sites (tertiary alicyclic amines) is 1. The van der Waals surface area contributed by atoms with Crippen LogP contribution < -0.4 is 5.73 Å². The maximum absolute atomic E-state index is 11.5. The summed E-state index contributed by atoms with van der Waals surface area (Å²) in [5.74, 6) is -0.0504. The maximum Gasteiger partial charge on any atom is 0.222 e. The summed E-state index contributed by atoms with van der Waals surface area (Å²) < 4.78 is 0. The largest absolute Gasteiger partial charge is 0.370 e. The Morgan fingerprint density at radius 2 is 1.64 bits per heavy atom. The van der Waals surface area contributed by atoms with Crippen molar-refractivity contribution in [2.75, 3.05) is 13.1 Å². The summed E-state index contributed by atoms with van der Waals surface area (Å²) in [4.78, 5) is 23.8. The molecule has 2 N–H and O–H groups in total. The van der Waals surface area contributed by atoms with Crippen molar-refractivity contribution in [3.63, 3.8) is 0 Å². The highest BCUT2D eigenvalue weighted by Crippen LogP contribution is 2.10. The lowest BCUT2D eigenvalue weighted by Gasteiger charge is -2.14. The fourth-order valence-corrected chi connectivity index (χ4v) is 1.70. The van der Waals surface area contributed by atoms with Gasteiger partial charge in [-0.2, -0.15) is 0 Å². The predicted octanol–water partition coefficient (Wildman–Crippen LogP) is 0.654. The average Bonchev–Trinajstić information content (AvgIpc) is 2.64. The first-order valence-corrected chi connectivity index (χ1v) is 5.26. The Balaban J connectivity index is 2.05. The van der Waals surface area contributed by atoms with Gasteiger partial charge in [0, 0.05) is 25.9 Å². The highest BCUT2D eigenvalue weighted by Gasteiger charge is 2.16. The Morgan fingerprint density at radius 3 is 2.21 bits per heavy atom. The van der Waals surface area contributed by atoms with Crippen molar-refractivity contribution in [1.82, 2.24) is 4.90 Å². The highest BCUT2D eigenvalue weighted by atomic mass is 16.2. The number of carbonyl (C=O) groups excluding carboxylic acids is 2. The number of carbonyl (C=O) groups is 2. The van der Waals surface area contributed by atoms with Gasteiger partial charge in [0.2, 0.25) is 11.8 Å². The summed E-state index contributed by atoms with van der Waals surface area (Å²) in [6.07, 6.45) is 4.73. The molecule has 2 amide bonds. The molecule has 0 aromatic rings. The zero-order valence-corrected chi connectivity index (χ0v) is 8.50. The first kappa shape index (κ1) is 11.0. The van der Waals surface area contributed by atoms with E-state index in [1.165, 1.54) is 0 Å². The van der Waals surface area contributed by atoms with Crippen molar-refractivity contribution in [3.05, 3.63) is 0 Å². The van der Waals surface area contributed by atoms with Crippen LogP contribution in [0.3, 0.4) is 0 Å².